The molecule has 1 atom stereocenters. The van der Waals surface area contributed by atoms with Crippen molar-refractivity contribution >= 4 is 26.8 Å². The Labute approximate surface area is 118 Å². The first-order chi connectivity index (χ1) is 9.29. The van der Waals surface area contributed by atoms with Gasteiger partial charge in [0.1, 0.15) is 11.8 Å². The van der Waals surface area contributed by atoms with Crippen LogP contribution in [0.2, 0.25) is 0 Å². The summed E-state index contributed by atoms with van der Waals surface area (Å²) >= 11 is 3.30. The number of fused-ring (bicyclic) bond motifs is 1. The number of hydrazine groups is 1. The van der Waals surface area contributed by atoms with Crippen LogP contribution in [0.1, 0.15) is 17.4 Å². The van der Waals surface area contributed by atoms with Crippen molar-refractivity contribution in [1.29, 1.82) is 0 Å². The van der Waals surface area contributed by atoms with Crippen LogP contribution < -0.4 is 11.3 Å². The fourth-order valence-corrected chi connectivity index (χ4v) is 2.51. The molecule has 1 aromatic carbocycles. The van der Waals surface area contributed by atoms with E-state index in [9.17, 15) is 0 Å². The normalized spacial score (nSPS) is 12.7. The Balaban J connectivity index is 2.16. The third-order valence-electron chi connectivity index (χ3n) is 3.04. The van der Waals surface area contributed by atoms with Crippen LogP contribution in [0.3, 0.4) is 0 Å². The molecule has 0 saturated carbocycles. The number of nitrogens with one attached hydrogen (secondary N) is 1. The molecule has 0 saturated heterocycles. The zero-order valence-electron chi connectivity index (χ0n) is 10.0. The number of hydrogen-bond donors (Lipinski definition) is 2. The Kier molecular flexibility index (Phi) is 3.33. The summed E-state index contributed by atoms with van der Waals surface area (Å²) in [6.07, 6.45) is 1.78. The van der Waals surface area contributed by atoms with Crippen LogP contribution in [0.25, 0.3) is 10.9 Å². The maximum absolute atomic E-state index is 5.69. The molecular formula is C14H12BrN3O. The van der Waals surface area contributed by atoms with Crippen LogP contribution in [0.5, 0.6) is 0 Å². The Bertz CT molecular complexity index is 705. The summed E-state index contributed by atoms with van der Waals surface area (Å²) in [5.41, 5.74) is 4.77. The summed E-state index contributed by atoms with van der Waals surface area (Å²) in [5.74, 6) is 6.45. The highest BCUT2D eigenvalue weighted by Crippen LogP contribution is 2.29. The van der Waals surface area contributed by atoms with E-state index in [0.717, 1.165) is 22.2 Å². The second-order valence-corrected chi connectivity index (χ2v) is 4.94. The van der Waals surface area contributed by atoms with Gasteiger partial charge in [0.05, 0.1) is 5.52 Å². The average Bonchev–Trinajstić information content (AvgIpc) is 2.86. The van der Waals surface area contributed by atoms with Crippen LogP contribution in [0, 0.1) is 0 Å². The minimum Gasteiger partial charge on any atom is -0.452 e. The lowest BCUT2D eigenvalue weighted by atomic mass is 10.00. The molecule has 3 aromatic rings. The number of nitrogens with zero attached hydrogens (tertiary/aromatic N) is 1. The van der Waals surface area contributed by atoms with Crippen LogP contribution >= 0.6 is 15.9 Å². The Morgan fingerprint density at radius 2 is 2.05 bits per heavy atom. The molecule has 5 heteroatoms. The SMILES string of the molecule is NNC(c1ccc(Br)o1)c1cccc2ncccc12. The van der Waals surface area contributed by atoms with Gasteiger partial charge in [-0.2, -0.15) is 0 Å². The highest BCUT2D eigenvalue weighted by Gasteiger charge is 2.18. The summed E-state index contributed by atoms with van der Waals surface area (Å²) in [4.78, 5) is 4.35. The van der Waals surface area contributed by atoms with E-state index in [2.05, 4.69) is 26.3 Å². The van der Waals surface area contributed by atoms with Crippen molar-refractivity contribution in [3.8, 4) is 0 Å². The molecule has 0 amide bonds. The molecule has 1 unspecified atom stereocenters. The first-order valence-electron chi connectivity index (χ1n) is 5.84. The van der Waals surface area contributed by atoms with Gasteiger partial charge in [-0.1, -0.05) is 18.2 Å². The predicted octanol–water partition coefficient (Wildman–Crippen LogP) is 3.14. The van der Waals surface area contributed by atoms with E-state index in [4.69, 9.17) is 10.3 Å². The monoisotopic (exact) mass is 317 g/mol. The Morgan fingerprint density at radius 3 is 2.79 bits per heavy atom. The van der Waals surface area contributed by atoms with Crippen molar-refractivity contribution < 1.29 is 4.42 Å². The third kappa shape index (κ3) is 2.28. The predicted molar refractivity (Wildman–Crippen MR) is 77.3 cm³/mol. The minimum atomic E-state index is -0.209. The number of pyridine rings is 1. The lowest BCUT2D eigenvalue weighted by Crippen LogP contribution is -2.28. The molecule has 0 radical (unpaired) electrons. The molecular weight excluding hydrogens is 306 g/mol. The summed E-state index contributed by atoms with van der Waals surface area (Å²) in [6.45, 7) is 0. The number of benzene rings is 1. The number of aromatic nitrogens is 1. The number of hydrogen-bond acceptors (Lipinski definition) is 4. The van der Waals surface area contributed by atoms with Gasteiger partial charge < -0.3 is 4.42 Å². The van der Waals surface area contributed by atoms with E-state index in [0.29, 0.717) is 4.67 Å². The van der Waals surface area contributed by atoms with Crippen molar-refractivity contribution in [2.24, 2.45) is 5.84 Å². The van der Waals surface area contributed by atoms with Crippen molar-refractivity contribution in [3.63, 3.8) is 0 Å². The van der Waals surface area contributed by atoms with Crippen LogP contribution in [0.4, 0.5) is 0 Å². The zero-order chi connectivity index (χ0) is 13.2. The van der Waals surface area contributed by atoms with E-state index in [1.165, 1.54) is 0 Å². The van der Waals surface area contributed by atoms with Crippen molar-refractivity contribution in [3.05, 3.63) is 64.7 Å². The van der Waals surface area contributed by atoms with E-state index in [1.807, 2.05) is 42.5 Å². The van der Waals surface area contributed by atoms with E-state index in [1.54, 1.807) is 6.20 Å². The van der Waals surface area contributed by atoms with Gasteiger partial charge in [0, 0.05) is 11.6 Å². The number of halogens is 1. The molecule has 2 heterocycles. The first-order valence-corrected chi connectivity index (χ1v) is 6.64. The number of rotatable bonds is 3. The van der Waals surface area contributed by atoms with Crippen LogP contribution in [-0.4, -0.2) is 4.98 Å². The molecule has 0 spiro atoms. The molecule has 2 aromatic heterocycles. The fraction of sp³-hybridized carbons (Fsp3) is 0.0714. The highest BCUT2D eigenvalue weighted by molar-refractivity contribution is 9.10. The first kappa shape index (κ1) is 12.3. The molecule has 0 bridgehead atoms. The van der Waals surface area contributed by atoms with Gasteiger partial charge >= 0.3 is 0 Å². The second kappa shape index (κ2) is 5.13. The van der Waals surface area contributed by atoms with Crippen molar-refractivity contribution in [2.75, 3.05) is 0 Å². The fourth-order valence-electron chi connectivity index (χ4n) is 2.19. The Hall–Kier alpha value is -1.69. The maximum Gasteiger partial charge on any atom is 0.169 e. The van der Waals surface area contributed by atoms with E-state index >= 15 is 0 Å². The van der Waals surface area contributed by atoms with Gasteiger partial charge in [-0.3, -0.25) is 10.8 Å². The summed E-state index contributed by atoms with van der Waals surface area (Å²) in [5, 5.41) is 1.06. The number of furan rings is 1. The van der Waals surface area contributed by atoms with E-state index < -0.39 is 0 Å². The van der Waals surface area contributed by atoms with Crippen LogP contribution in [0.15, 0.2) is 57.7 Å². The van der Waals surface area contributed by atoms with Gasteiger partial charge in [0.2, 0.25) is 0 Å². The molecule has 0 aliphatic rings. The summed E-state index contributed by atoms with van der Waals surface area (Å²) in [7, 11) is 0. The summed E-state index contributed by atoms with van der Waals surface area (Å²) < 4.78 is 6.28. The largest absolute Gasteiger partial charge is 0.452 e. The zero-order valence-corrected chi connectivity index (χ0v) is 11.6. The van der Waals surface area contributed by atoms with Gasteiger partial charge in [-0.15, -0.1) is 0 Å². The van der Waals surface area contributed by atoms with Gasteiger partial charge in [-0.25, -0.2) is 5.43 Å². The van der Waals surface area contributed by atoms with Gasteiger partial charge in [0.25, 0.3) is 0 Å². The van der Waals surface area contributed by atoms with Crippen molar-refractivity contribution in [2.45, 2.75) is 6.04 Å². The molecule has 96 valence electrons. The number of nitrogens with two attached hydrogens (primary N) is 1. The Morgan fingerprint density at radius 1 is 1.16 bits per heavy atom. The summed E-state index contributed by atoms with van der Waals surface area (Å²) in [6, 6.07) is 13.4. The third-order valence-corrected chi connectivity index (χ3v) is 3.46. The second-order valence-electron chi connectivity index (χ2n) is 4.16. The highest BCUT2D eigenvalue weighted by atomic mass is 79.9. The average molecular weight is 318 g/mol. The molecule has 3 rings (SSSR count). The maximum atomic E-state index is 5.69. The topological polar surface area (TPSA) is 64.1 Å². The molecule has 3 N–H and O–H groups in total. The molecule has 0 aliphatic carbocycles. The smallest absolute Gasteiger partial charge is 0.169 e. The molecule has 4 nitrogen and oxygen atoms in total. The van der Waals surface area contributed by atoms with E-state index in [-0.39, 0.29) is 6.04 Å². The lowest BCUT2D eigenvalue weighted by molar-refractivity contribution is 0.438. The minimum absolute atomic E-state index is 0.209. The molecule has 19 heavy (non-hydrogen) atoms. The van der Waals surface area contributed by atoms with Crippen LogP contribution in [-0.2, 0) is 0 Å². The standard InChI is InChI=1S/C14H12BrN3O/c15-13-7-6-12(19-13)14(18-16)10-3-1-5-11-9(10)4-2-8-17-11/h1-8,14,18H,16H2. The van der Waals surface area contributed by atoms with Gasteiger partial charge in [0.15, 0.2) is 4.67 Å². The molecule has 0 aliphatic heterocycles. The quantitative estimate of drug-likeness (QED) is 0.575. The molecule has 0 fully saturated rings. The lowest BCUT2D eigenvalue weighted by Gasteiger charge is -2.15. The van der Waals surface area contributed by atoms with Crippen molar-refractivity contribution in [1.82, 2.24) is 10.4 Å². The van der Waals surface area contributed by atoms with Gasteiger partial charge in [-0.05, 0) is 45.8 Å².